The predicted molar refractivity (Wildman–Crippen MR) is 70.1 cm³/mol. The Morgan fingerprint density at radius 2 is 2.25 bits per heavy atom. The first-order valence-corrected chi connectivity index (χ1v) is 6.34. The number of rotatable bonds is 4. The lowest BCUT2D eigenvalue weighted by atomic mass is 9.90. The summed E-state index contributed by atoms with van der Waals surface area (Å²) in [5, 5.41) is 0.797. The van der Waals surface area contributed by atoms with Gasteiger partial charge in [0.15, 0.2) is 0 Å². The maximum Gasteiger partial charge on any atom is 0.0426 e. The molecule has 0 spiro atoms. The van der Waals surface area contributed by atoms with E-state index < -0.39 is 0 Å². The van der Waals surface area contributed by atoms with Crippen LogP contribution in [0.2, 0.25) is 5.02 Å². The Morgan fingerprint density at radius 3 is 2.75 bits per heavy atom. The van der Waals surface area contributed by atoms with Crippen molar-refractivity contribution in [2.45, 2.75) is 38.3 Å². The normalized spacial score (nSPS) is 17.9. The molecule has 3 heteroatoms. The van der Waals surface area contributed by atoms with Gasteiger partial charge in [-0.3, -0.25) is 0 Å². The van der Waals surface area contributed by atoms with E-state index in [0.29, 0.717) is 18.6 Å². The summed E-state index contributed by atoms with van der Waals surface area (Å²) in [5.74, 6) is 0. The molecule has 0 amide bonds. The van der Waals surface area contributed by atoms with E-state index in [9.17, 15) is 0 Å². The summed E-state index contributed by atoms with van der Waals surface area (Å²) in [6, 6.07) is 9.10. The molecule has 1 fully saturated rings. The van der Waals surface area contributed by atoms with Crippen molar-refractivity contribution >= 4 is 17.3 Å². The fourth-order valence-corrected chi connectivity index (χ4v) is 2.42. The smallest absolute Gasteiger partial charge is 0.0426 e. The number of benzene rings is 1. The Morgan fingerprint density at radius 1 is 1.50 bits per heavy atom. The molecule has 2 N–H and O–H groups in total. The standard InChI is InChI=1S/C13H19ClN2/c1-10(9-15)16(12-5-3-6-12)13-7-2-4-11(14)8-13/h2,4,7-8,10,12H,3,5-6,9,15H2,1H3. The molecular weight excluding hydrogens is 220 g/mol. The van der Waals surface area contributed by atoms with Gasteiger partial charge in [0.2, 0.25) is 0 Å². The minimum Gasteiger partial charge on any atom is -0.365 e. The summed E-state index contributed by atoms with van der Waals surface area (Å²) >= 11 is 6.04. The van der Waals surface area contributed by atoms with E-state index in [1.165, 1.54) is 24.9 Å². The minimum absolute atomic E-state index is 0.378. The number of anilines is 1. The summed E-state index contributed by atoms with van der Waals surface area (Å²) in [5.41, 5.74) is 6.99. The molecule has 16 heavy (non-hydrogen) atoms. The van der Waals surface area contributed by atoms with Gasteiger partial charge in [0.25, 0.3) is 0 Å². The van der Waals surface area contributed by atoms with Crippen LogP contribution in [0, 0.1) is 0 Å². The minimum atomic E-state index is 0.378. The van der Waals surface area contributed by atoms with Crippen molar-refractivity contribution in [2.24, 2.45) is 5.73 Å². The van der Waals surface area contributed by atoms with Gasteiger partial charge < -0.3 is 10.6 Å². The second kappa shape index (κ2) is 5.07. The van der Waals surface area contributed by atoms with Gasteiger partial charge in [-0.2, -0.15) is 0 Å². The van der Waals surface area contributed by atoms with Crippen LogP contribution in [0.5, 0.6) is 0 Å². The molecule has 1 aromatic carbocycles. The van der Waals surface area contributed by atoms with Crippen LogP contribution in [-0.2, 0) is 0 Å². The number of nitrogens with two attached hydrogens (primary N) is 1. The van der Waals surface area contributed by atoms with Gasteiger partial charge in [-0.1, -0.05) is 17.7 Å². The largest absolute Gasteiger partial charge is 0.365 e. The first kappa shape index (κ1) is 11.7. The lowest BCUT2D eigenvalue weighted by Crippen LogP contribution is -2.48. The van der Waals surface area contributed by atoms with Crippen LogP contribution in [0.25, 0.3) is 0 Å². The summed E-state index contributed by atoms with van der Waals surface area (Å²) < 4.78 is 0. The fraction of sp³-hybridized carbons (Fsp3) is 0.538. The average Bonchev–Trinajstić information content (AvgIpc) is 2.22. The highest BCUT2D eigenvalue weighted by atomic mass is 35.5. The molecule has 1 aliphatic rings. The number of halogens is 1. The molecule has 0 heterocycles. The first-order valence-electron chi connectivity index (χ1n) is 5.96. The Labute approximate surface area is 102 Å². The van der Waals surface area contributed by atoms with Crippen molar-refractivity contribution in [3.05, 3.63) is 29.3 Å². The molecule has 1 aliphatic carbocycles. The third kappa shape index (κ3) is 2.33. The topological polar surface area (TPSA) is 29.3 Å². The van der Waals surface area contributed by atoms with E-state index in [4.69, 9.17) is 17.3 Å². The number of hydrogen-bond donors (Lipinski definition) is 1. The highest BCUT2D eigenvalue weighted by Crippen LogP contribution is 2.32. The monoisotopic (exact) mass is 238 g/mol. The average molecular weight is 239 g/mol. The van der Waals surface area contributed by atoms with E-state index >= 15 is 0 Å². The molecule has 0 radical (unpaired) electrons. The molecular formula is C13H19ClN2. The van der Waals surface area contributed by atoms with Crippen molar-refractivity contribution in [2.75, 3.05) is 11.4 Å². The van der Waals surface area contributed by atoms with E-state index in [-0.39, 0.29) is 0 Å². The molecule has 1 atom stereocenters. The lowest BCUT2D eigenvalue weighted by Gasteiger charge is -2.43. The van der Waals surface area contributed by atoms with E-state index in [0.717, 1.165) is 5.02 Å². The Kier molecular flexibility index (Phi) is 3.72. The highest BCUT2D eigenvalue weighted by molar-refractivity contribution is 6.30. The van der Waals surface area contributed by atoms with Gasteiger partial charge in [-0.05, 0) is 44.4 Å². The van der Waals surface area contributed by atoms with Crippen LogP contribution >= 0.6 is 11.6 Å². The van der Waals surface area contributed by atoms with Crippen LogP contribution in [0.3, 0.4) is 0 Å². The third-order valence-electron chi connectivity index (χ3n) is 3.39. The van der Waals surface area contributed by atoms with Crippen molar-refractivity contribution in [1.29, 1.82) is 0 Å². The Hall–Kier alpha value is -0.730. The zero-order chi connectivity index (χ0) is 11.5. The van der Waals surface area contributed by atoms with E-state index in [1.54, 1.807) is 0 Å². The van der Waals surface area contributed by atoms with E-state index in [1.807, 2.05) is 18.2 Å². The van der Waals surface area contributed by atoms with Gasteiger partial charge in [0.1, 0.15) is 0 Å². The van der Waals surface area contributed by atoms with Gasteiger partial charge >= 0.3 is 0 Å². The summed E-state index contributed by atoms with van der Waals surface area (Å²) in [6.07, 6.45) is 3.88. The molecule has 2 rings (SSSR count). The van der Waals surface area contributed by atoms with Crippen LogP contribution in [0.1, 0.15) is 26.2 Å². The molecule has 0 aromatic heterocycles. The zero-order valence-electron chi connectivity index (χ0n) is 9.70. The molecule has 1 saturated carbocycles. The van der Waals surface area contributed by atoms with Crippen LogP contribution in [0.15, 0.2) is 24.3 Å². The lowest BCUT2D eigenvalue weighted by molar-refractivity contribution is 0.364. The summed E-state index contributed by atoms with van der Waals surface area (Å²) in [6.45, 7) is 2.86. The maximum atomic E-state index is 6.04. The highest BCUT2D eigenvalue weighted by Gasteiger charge is 2.28. The van der Waals surface area contributed by atoms with Crippen molar-refractivity contribution in [3.8, 4) is 0 Å². The Bertz CT molecular complexity index is 345. The summed E-state index contributed by atoms with van der Waals surface area (Å²) in [7, 11) is 0. The van der Waals surface area contributed by atoms with Gasteiger partial charge in [0, 0.05) is 29.3 Å². The van der Waals surface area contributed by atoms with Gasteiger partial charge in [0.05, 0.1) is 0 Å². The van der Waals surface area contributed by atoms with Crippen LogP contribution < -0.4 is 10.6 Å². The third-order valence-corrected chi connectivity index (χ3v) is 3.63. The van der Waals surface area contributed by atoms with Gasteiger partial charge in [-0.25, -0.2) is 0 Å². The second-order valence-corrected chi connectivity index (χ2v) is 4.99. The molecule has 1 unspecified atom stereocenters. The molecule has 88 valence electrons. The van der Waals surface area contributed by atoms with Crippen molar-refractivity contribution in [3.63, 3.8) is 0 Å². The molecule has 2 nitrogen and oxygen atoms in total. The van der Waals surface area contributed by atoms with Crippen molar-refractivity contribution in [1.82, 2.24) is 0 Å². The molecule has 1 aromatic rings. The fourth-order valence-electron chi connectivity index (χ4n) is 2.24. The first-order chi connectivity index (χ1) is 7.72. The molecule has 0 bridgehead atoms. The quantitative estimate of drug-likeness (QED) is 0.874. The number of nitrogens with zero attached hydrogens (tertiary/aromatic N) is 1. The number of hydrogen-bond acceptors (Lipinski definition) is 2. The van der Waals surface area contributed by atoms with Crippen LogP contribution in [-0.4, -0.2) is 18.6 Å². The molecule has 0 saturated heterocycles. The maximum absolute atomic E-state index is 6.04. The van der Waals surface area contributed by atoms with Crippen LogP contribution in [0.4, 0.5) is 5.69 Å². The van der Waals surface area contributed by atoms with Crippen molar-refractivity contribution < 1.29 is 0 Å². The SMILES string of the molecule is CC(CN)N(c1cccc(Cl)c1)C1CCC1. The zero-order valence-corrected chi connectivity index (χ0v) is 10.5. The second-order valence-electron chi connectivity index (χ2n) is 4.56. The Balaban J connectivity index is 2.23. The van der Waals surface area contributed by atoms with E-state index in [2.05, 4.69) is 17.9 Å². The molecule has 0 aliphatic heterocycles. The summed E-state index contributed by atoms with van der Waals surface area (Å²) in [4.78, 5) is 2.43. The van der Waals surface area contributed by atoms with Gasteiger partial charge in [-0.15, -0.1) is 0 Å². The predicted octanol–water partition coefficient (Wildman–Crippen LogP) is 3.05.